The second kappa shape index (κ2) is 6.24. The Morgan fingerprint density at radius 1 is 1.53 bits per heavy atom. The second-order valence-electron chi connectivity index (χ2n) is 3.49. The van der Waals surface area contributed by atoms with E-state index in [9.17, 15) is 9.00 Å². The summed E-state index contributed by atoms with van der Waals surface area (Å²) in [5.41, 5.74) is 6.49. The summed E-state index contributed by atoms with van der Waals surface area (Å²) < 4.78 is 15.9. The maximum absolute atomic E-state index is 11.8. The molecule has 1 rings (SSSR count). The number of carbonyl (C=O) groups is 1. The third kappa shape index (κ3) is 4.07. The van der Waals surface area contributed by atoms with E-state index in [1.54, 1.807) is 24.5 Å². The molecule has 0 aliphatic rings. The molecule has 1 aromatic rings. The molecule has 1 unspecified atom stereocenters. The maximum Gasteiger partial charge on any atom is 0.255 e. The van der Waals surface area contributed by atoms with Gasteiger partial charge in [-0.15, -0.1) is 0 Å². The predicted octanol–water partition coefficient (Wildman–Crippen LogP) is 0.386. The average molecular weight is 256 g/mol. The van der Waals surface area contributed by atoms with E-state index in [0.717, 1.165) is 0 Å². The molecule has 0 saturated carbocycles. The van der Waals surface area contributed by atoms with Crippen molar-refractivity contribution < 1.29 is 13.7 Å². The summed E-state index contributed by atoms with van der Waals surface area (Å²) in [5.74, 6) is 0.616. The van der Waals surface area contributed by atoms with Gasteiger partial charge >= 0.3 is 0 Å². The Kier molecular flexibility index (Phi) is 4.96. The minimum absolute atomic E-state index is 0.278. The summed E-state index contributed by atoms with van der Waals surface area (Å²) in [7, 11) is 0.569. The van der Waals surface area contributed by atoms with Crippen molar-refractivity contribution in [2.24, 2.45) is 0 Å². The van der Waals surface area contributed by atoms with Crippen molar-refractivity contribution in [2.75, 3.05) is 31.4 Å². The number of amides is 1. The maximum atomic E-state index is 11.8. The number of carbonyl (C=O) groups excluding carboxylic acids is 1. The molecule has 1 atom stereocenters. The molecule has 1 aromatic carbocycles. The molecule has 1 amide bonds. The van der Waals surface area contributed by atoms with Gasteiger partial charge in [-0.25, -0.2) is 0 Å². The van der Waals surface area contributed by atoms with Gasteiger partial charge in [-0.1, -0.05) is 0 Å². The molecule has 94 valence electrons. The van der Waals surface area contributed by atoms with Gasteiger partial charge in [0.2, 0.25) is 0 Å². The number of nitrogens with two attached hydrogens (primary N) is 1. The third-order valence-electron chi connectivity index (χ3n) is 2.14. The number of anilines is 1. The van der Waals surface area contributed by atoms with Gasteiger partial charge in [0.25, 0.3) is 5.91 Å². The molecule has 6 heteroatoms. The monoisotopic (exact) mass is 256 g/mol. The van der Waals surface area contributed by atoms with Crippen LogP contribution in [0.3, 0.4) is 0 Å². The number of nitrogen functional groups attached to an aromatic ring is 1. The summed E-state index contributed by atoms with van der Waals surface area (Å²) in [5, 5.41) is 2.66. The van der Waals surface area contributed by atoms with Crippen LogP contribution in [0.2, 0.25) is 0 Å². The molecule has 0 aliphatic carbocycles. The Morgan fingerprint density at radius 2 is 2.24 bits per heavy atom. The van der Waals surface area contributed by atoms with E-state index >= 15 is 0 Å². The van der Waals surface area contributed by atoms with Crippen molar-refractivity contribution in [3.8, 4) is 5.75 Å². The van der Waals surface area contributed by atoms with Crippen molar-refractivity contribution in [3.63, 3.8) is 0 Å². The van der Waals surface area contributed by atoms with Crippen LogP contribution in [0.5, 0.6) is 5.75 Å². The zero-order valence-electron chi connectivity index (χ0n) is 9.86. The van der Waals surface area contributed by atoms with Crippen LogP contribution >= 0.6 is 0 Å². The van der Waals surface area contributed by atoms with Crippen LogP contribution in [0.4, 0.5) is 5.69 Å². The topological polar surface area (TPSA) is 81.4 Å². The molecule has 0 radical (unpaired) electrons. The van der Waals surface area contributed by atoms with E-state index in [0.29, 0.717) is 29.3 Å². The van der Waals surface area contributed by atoms with Gasteiger partial charge in [-0.2, -0.15) is 0 Å². The first kappa shape index (κ1) is 13.5. The largest absolute Gasteiger partial charge is 0.496 e. The van der Waals surface area contributed by atoms with Gasteiger partial charge in [0.05, 0.1) is 12.7 Å². The number of rotatable bonds is 5. The summed E-state index contributed by atoms with van der Waals surface area (Å²) in [6.07, 6.45) is 1.59. The molecule has 5 nitrogen and oxygen atoms in total. The lowest BCUT2D eigenvalue weighted by atomic mass is 10.1. The number of hydrogen-bond acceptors (Lipinski definition) is 4. The quantitative estimate of drug-likeness (QED) is 0.746. The molecule has 0 fully saturated rings. The molecule has 0 spiro atoms. The van der Waals surface area contributed by atoms with Crippen molar-refractivity contribution in [1.82, 2.24) is 5.32 Å². The zero-order chi connectivity index (χ0) is 12.8. The Bertz CT molecular complexity index is 435. The SMILES string of the molecule is COc1ccc(N)cc1C(=O)NCCS(C)=O. The molecule has 0 bridgehead atoms. The second-order valence-corrected chi connectivity index (χ2v) is 5.05. The minimum Gasteiger partial charge on any atom is -0.496 e. The van der Waals surface area contributed by atoms with Crippen molar-refractivity contribution in [2.45, 2.75) is 0 Å². The van der Waals surface area contributed by atoms with Crippen LogP contribution in [0.15, 0.2) is 18.2 Å². The van der Waals surface area contributed by atoms with E-state index in [1.807, 2.05) is 0 Å². The summed E-state index contributed by atoms with van der Waals surface area (Å²) >= 11 is 0. The number of nitrogens with one attached hydrogen (secondary N) is 1. The van der Waals surface area contributed by atoms with E-state index in [4.69, 9.17) is 10.5 Å². The van der Waals surface area contributed by atoms with Gasteiger partial charge in [-0.3, -0.25) is 9.00 Å². The Morgan fingerprint density at radius 3 is 2.82 bits per heavy atom. The normalized spacial score (nSPS) is 11.9. The lowest BCUT2D eigenvalue weighted by molar-refractivity contribution is 0.0953. The summed E-state index contributed by atoms with van der Waals surface area (Å²) in [6, 6.07) is 4.86. The first-order valence-corrected chi connectivity index (χ1v) is 6.79. The molecule has 0 aliphatic heterocycles. The number of hydrogen-bond donors (Lipinski definition) is 2. The van der Waals surface area contributed by atoms with Crippen LogP contribution in [0.25, 0.3) is 0 Å². The van der Waals surface area contributed by atoms with E-state index < -0.39 is 10.8 Å². The van der Waals surface area contributed by atoms with Crippen LogP contribution in [0.1, 0.15) is 10.4 Å². The van der Waals surface area contributed by atoms with Gasteiger partial charge in [0, 0.05) is 35.0 Å². The van der Waals surface area contributed by atoms with Crippen molar-refractivity contribution in [3.05, 3.63) is 23.8 Å². The summed E-state index contributed by atoms with van der Waals surface area (Å²) in [4.78, 5) is 11.8. The Balaban J connectivity index is 2.73. The van der Waals surface area contributed by atoms with E-state index in [2.05, 4.69) is 5.32 Å². The van der Waals surface area contributed by atoms with Gasteiger partial charge < -0.3 is 15.8 Å². The molecule has 3 N–H and O–H groups in total. The van der Waals surface area contributed by atoms with Crippen LogP contribution in [0, 0.1) is 0 Å². The van der Waals surface area contributed by atoms with Crippen LogP contribution in [-0.4, -0.2) is 35.8 Å². The highest BCUT2D eigenvalue weighted by Gasteiger charge is 2.12. The van der Waals surface area contributed by atoms with Gasteiger partial charge in [-0.05, 0) is 18.2 Å². The fourth-order valence-electron chi connectivity index (χ4n) is 1.31. The third-order valence-corrected chi connectivity index (χ3v) is 2.92. The first-order chi connectivity index (χ1) is 8.04. The molecular formula is C11H16N2O3S. The number of methoxy groups -OCH3 is 1. The lowest BCUT2D eigenvalue weighted by Gasteiger charge is -2.09. The highest BCUT2D eigenvalue weighted by atomic mass is 32.2. The minimum atomic E-state index is -0.921. The highest BCUT2D eigenvalue weighted by molar-refractivity contribution is 7.84. The fraction of sp³-hybridized carbons (Fsp3) is 0.364. The van der Waals surface area contributed by atoms with Crippen molar-refractivity contribution in [1.29, 1.82) is 0 Å². The van der Waals surface area contributed by atoms with Crippen molar-refractivity contribution >= 4 is 22.4 Å². The van der Waals surface area contributed by atoms with E-state index in [1.165, 1.54) is 7.11 Å². The smallest absolute Gasteiger partial charge is 0.255 e. The highest BCUT2D eigenvalue weighted by Crippen LogP contribution is 2.20. The molecule has 0 heterocycles. The fourth-order valence-corrected chi connectivity index (χ4v) is 1.70. The first-order valence-electron chi connectivity index (χ1n) is 5.06. The van der Waals surface area contributed by atoms with Gasteiger partial charge in [0.1, 0.15) is 5.75 Å². The molecular weight excluding hydrogens is 240 g/mol. The predicted molar refractivity (Wildman–Crippen MR) is 68.7 cm³/mol. The number of benzene rings is 1. The zero-order valence-corrected chi connectivity index (χ0v) is 10.7. The standard InChI is InChI=1S/C11H16N2O3S/c1-16-10-4-3-8(12)7-9(10)11(14)13-5-6-17(2)15/h3-4,7H,5-6,12H2,1-2H3,(H,13,14). The summed E-state index contributed by atoms with van der Waals surface area (Å²) in [6.45, 7) is 0.361. The Labute approximate surface area is 103 Å². The van der Waals surface area contributed by atoms with Crippen LogP contribution < -0.4 is 15.8 Å². The van der Waals surface area contributed by atoms with Crippen LogP contribution in [-0.2, 0) is 10.8 Å². The lowest BCUT2D eigenvalue weighted by Crippen LogP contribution is -2.28. The molecule has 0 saturated heterocycles. The number of ether oxygens (including phenoxy) is 1. The van der Waals surface area contributed by atoms with E-state index in [-0.39, 0.29) is 5.91 Å². The molecule has 0 aromatic heterocycles. The Hall–Kier alpha value is -1.56. The average Bonchev–Trinajstić information content (AvgIpc) is 2.28. The van der Waals surface area contributed by atoms with Gasteiger partial charge in [0.15, 0.2) is 0 Å². The molecule has 17 heavy (non-hydrogen) atoms.